The Balaban J connectivity index is 1.74. The van der Waals surface area contributed by atoms with Crippen LogP contribution in [0.4, 0.5) is 0 Å². The number of aromatic nitrogens is 2. The third kappa shape index (κ3) is 3.62. The minimum atomic E-state index is -0.489. The number of aliphatic hydroxyl groups excluding tert-OH is 1. The van der Waals surface area contributed by atoms with E-state index in [2.05, 4.69) is 10.4 Å². The number of hydrogen-bond donors (Lipinski definition) is 2. The number of halogens is 1. The maximum absolute atomic E-state index is 12.6. The van der Waals surface area contributed by atoms with Crippen molar-refractivity contribution in [3.8, 4) is 11.3 Å². The van der Waals surface area contributed by atoms with Gasteiger partial charge in [0.05, 0.1) is 16.7 Å². The molecule has 2 aromatic rings. The molecule has 1 aromatic heterocycles. The standard InChI is InChI=1S/C18H22ClN3O2/c1-22-11-14(17(21-22)13-8-4-5-9-15(13)19)18(24)20-10-16(23)12-6-2-3-7-12/h4-5,8-9,11-12,16,23H,2-3,6-7,10H2,1H3,(H,20,24). The molecule has 1 amide bonds. The first-order chi connectivity index (χ1) is 11.6. The van der Waals surface area contributed by atoms with Gasteiger partial charge in [-0.1, -0.05) is 42.6 Å². The average molecular weight is 348 g/mol. The Morgan fingerprint density at radius 3 is 2.83 bits per heavy atom. The van der Waals surface area contributed by atoms with Crippen molar-refractivity contribution in [1.82, 2.24) is 15.1 Å². The van der Waals surface area contributed by atoms with Gasteiger partial charge in [0.25, 0.3) is 5.91 Å². The first-order valence-corrected chi connectivity index (χ1v) is 8.69. The molecular weight excluding hydrogens is 326 g/mol. The van der Waals surface area contributed by atoms with Crippen LogP contribution < -0.4 is 5.32 Å². The van der Waals surface area contributed by atoms with Crippen molar-refractivity contribution < 1.29 is 9.90 Å². The highest BCUT2D eigenvalue weighted by atomic mass is 35.5. The number of benzene rings is 1. The first kappa shape index (κ1) is 17.0. The van der Waals surface area contributed by atoms with Crippen LogP contribution in [0.2, 0.25) is 5.02 Å². The van der Waals surface area contributed by atoms with Gasteiger partial charge in [0.1, 0.15) is 5.69 Å². The molecule has 1 unspecified atom stereocenters. The number of nitrogens with zero attached hydrogens (tertiary/aromatic N) is 2. The van der Waals surface area contributed by atoms with Crippen LogP contribution in [0.3, 0.4) is 0 Å². The zero-order valence-electron chi connectivity index (χ0n) is 13.7. The van der Waals surface area contributed by atoms with Gasteiger partial charge in [-0.2, -0.15) is 5.10 Å². The highest BCUT2D eigenvalue weighted by molar-refractivity contribution is 6.33. The van der Waals surface area contributed by atoms with Gasteiger partial charge in [0.15, 0.2) is 0 Å². The lowest BCUT2D eigenvalue weighted by Gasteiger charge is -2.18. The van der Waals surface area contributed by atoms with Gasteiger partial charge >= 0.3 is 0 Å². The van der Waals surface area contributed by atoms with Crippen LogP contribution in [-0.2, 0) is 7.05 Å². The van der Waals surface area contributed by atoms with Gasteiger partial charge < -0.3 is 10.4 Å². The molecule has 0 saturated heterocycles. The lowest BCUT2D eigenvalue weighted by atomic mass is 10.0. The fourth-order valence-electron chi connectivity index (χ4n) is 3.31. The van der Waals surface area contributed by atoms with E-state index in [9.17, 15) is 9.90 Å². The predicted octanol–water partition coefficient (Wildman–Crippen LogP) is 3.02. The Kier molecular flexibility index (Phi) is 5.21. The molecule has 24 heavy (non-hydrogen) atoms. The molecule has 128 valence electrons. The summed E-state index contributed by atoms with van der Waals surface area (Å²) in [6.45, 7) is 0.264. The van der Waals surface area contributed by atoms with Gasteiger partial charge in [-0.25, -0.2) is 0 Å². The number of rotatable bonds is 5. The maximum atomic E-state index is 12.6. The topological polar surface area (TPSA) is 67.2 Å². The van der Waals surface area contributed by atoms with Crippen LogP contribution in [0.15, 0.2) is 30.5 Å². The fourth-order valence-corrected chi connectivity index (χ4v) is 3.53. The first-order valence-electron chi connectivity index (χ1n) is 8.31. The van der Waals surface area contributed by atoms with Crippen molar-refractivity contribution in [1.29, 1.82) is 0 Å². The lowest BCUT2D eigenvalue weighted by molar-refractivity contribution is 0.0841. The van der Waals surface area contributed by atoms with Gasteiger partial charge in [-0.15, -0.1) is 0 Å². The van der Waals surface area contributed by atoms with Crippen molar-refractivity contribution in [2.24, 2.45) is 13.0 Å². The molecule has 0 bridgehead atoms. The second-order valence-electron chi connectivity index (χ2n) is 6.37. The van der Waals surface area contributed by atoms with Gasteiger partial charge in [-0.3, -0.25) is 9.48 Å². The van der Waals surface area contributed by atoms with Crippen molar-refractivity contribution in [2.45, 2.75) is 31.8 Å². The lowest BCUT2D eigenvalue weighted by Crippen LogP contribution is -2.35. The second kappa shape index (κ2) is 7.36. The number of nitrogens with one attached hydrogen (secondary N) is 1. The molecule has 1 aromatic carbocycles. The molecule has 1 aliphatic carbocycles. The Labute approximate surface area is 146 Å². The van der Waals surface area contributed by atoms with E-state index in [0.717, 1.165) is 31.2 Å². The normalized spacial score (nSPS) is 16.3. The predicted molar refractivity (Wildman–Crippen MR) is 94.0 cm³/mol. The fraction of sp³-hybridized carbons (Fsp3) is 0.444. The molecule has 0 spiro atoms. The molecule has 1 atom stereocenters. The van der Waals surface area contributed by atoms with Gasteiger partial charge in [0.2, 0.25) is 0 Å². The highest BCUT2D eigenvalue weighted by Gasteiger charge is 2.25. The second-order valence-corrected chi connectivity index (χ2v) is 6.77. The number of carbonyl (C=O) groups excluding carboxylic acids is 1. The molecule has 1 heterocycles. The summed E-state index contributed by atoms with van der Waals surface area (Å²) in [4.78, 5) is 12.6. The molecule has 6 heteroatoms. The molecule has 3 rings (SSSR count). The summed E-state index contributed by atoms with van der Waals surface area (Å²) < 4.78 is 1.60. The Morgan fingerprint density at radius 2 is 2.12 bits per heavy atom. The van der Waals surface area contributed by atoms with Crippen LogP contribution in [0, 0.1) is 5.92 Å². The van der Waals surface area contributed by atoms with E-state index in [0.29, 0.717) is 22.2 Å². The minimum absolute atomic E-state index is 0.241. The van der Waals surface area contributed by atoms with Crippen molar-refractivity contribution >= 4 is 17.5 Å². The molecule has 2 N–H and O–H groups in total. The molecule has 5 nitrogen and oxygen atoms in total. The SMILES string of the molecule is Cn1cc(C(=O)NCC(O)C2CCCC2)c(-c2ccccc2Cl)n1. The van der Waals surface area contributed by atoms with Crippen molar-refractivity contribution in [3.63, 3.8) is 0 Å². The van der Waals surface area contributed by atoms with Crippen LogP contribution in [0.5, 0.6) is 0 Å². The van der Waals surface area contributed by atoms with Crippen LogP contribution in [0.1, 0.15) is 36.0 Å². The van der Waals surface area contributed by atoms with Crippen molar-refractivity contribution in [2.75, 3.05) is 6.54 Å². The van der Waals surface area contributed by atoms with Crippen molar-refractivity contribution in [3.05, 3.63) is 41.0 Å². The maximum Gasteiger partial charge on any atom is 0.255 e. The van der Waals surface area contributed by atoms with Crippen LogP contribution in [0.25, 0.3) is 11.3 Å². The summed E-state index contributed by atoms with van der Waals surface area (Å²) in [7, 11) is 1.77. The molecule has 0 radical (unpaired) electrons. The Bertz CT molecular complexity index is 723. The zero-order chi connectivity index (χ0) is 17.1. The monoisotopic (exact) mass is 347 g/mol. The third-order valence-electron chi connectivity index (χ3n) is 4.62. The van der Waals surface area contributed by atoms with Gasteiger partial charge in [-0.05, 0) is 24.8 Å². The van der Waals surface area contributed by atoms with Gasteiger partial charge in [0, 0.05) is 25.4 Å². The summed E-state index contributed by atoms with van der Waals surface area (Å²) in [5, 5.41) is 18.0. The van der Waals surface area contributed by atoms with E-state index in [4.69, 9.17) is 11.6 Å². The Morgan fingerprint density at radius 1 is 1.42 bits per heavy atom. The number of carbonyl (C=O) groups is 1. The summed E-state index contributed by atoms with van der Waals surface area (Å²) in [5.41, 5.74) is 1.74. The van der Waals surface area contributed by atoms with E-state index in [1.54, 1.807) is 24.0 Å². The number of hydrogen-bond acceptors (Lipinski definition) is 3. The molecule has 1 saturated carbocycles. The number of aliphatic hydroxyl groups is 1. The summed E-state index contributed by atoms with van der Waals surface area (Å²) in [5.74, 6) is 0.0531. The average Bonchev–Trinajstić information content (AvgIpc) is 3.22. The Hall–Kier alpha value is -1.85. The summed E-state index contributed by atoms with van der Waals surface area (Å²) >= 11 is 6.24. The molecule has 1 fully saturated rings. The van der Waals surface area contributed by atoms with Crippen LogP contribution >= 0.6 is 11.6 Å². The molecular formula is C18H22ClN3O2. The quantitative estimate of drug-likeness (QED) is 0.873. The van der Waals surface area contributed by atoms with E-state index in [-0.39, 0.29) is 12.5 Å². The smallest absolute Gasteiger partial charge is 0.255 e. The molecule has 1 aliphatic rings. The largest absolute Gasteiger partial charge is 0.391 e. The molecule has 0 aliphatic heterocycles. The number of aryl methyl sites for hydroxylation is 1. The van der Waals surface area contributed by atoms with Crippen LogP contribution in [-0.4, -0.2) is 33.4 Å². The summed E-state index contributed by atoms with van der Waals surface area (Å²) in [6.07, 6.45) is 5.58. The zero-order valence-corrected chi connectivity index (χ0v) is 14.5. The van der Waals surface area contributed by atoms with E-state index in [1.807, 2.05) is 18.2 Å². The van der Waals surface area contributed by atoms with E-state index in [1.165, 1.54) is 0 Å². The van der Waals surface area contributed by atoms with E-state index >= 15 is 0 Å². The minimum Gasteiger partial charge on any atom is -0.391 e. The summed E-state index contributed by atoms with van der Waals surface area (Å²) in [6, 6.07) is 7.32. The number of amides is 1. The highest BCUT2D eigenvalue weighted by Crippen LogP contribution is 2.29. The third-order valence-corrected chi connectivity index (χ3v) is 4.95. The van der Waals surface area contributed by atoms with E-state index < -0.39 is 6.10 Å².